The Morgan fingerprint density at radius 1 is 0.733 bits per heavy atom. The summed E-state index contributed by atoms with van der Waals surface area (Å²) in [7, 11) is 0. The first-order valence-corrected chi connectivity index (χ1v) is 8.89. The summed E-state index contributed by atoms with van der Waals surface area (Å²) in [5.74, 6) is -1.78. The minimum atomic E-state index is -2.97. The summed E-state index contributed by atoms with van der Waals surface area (Å²) in [6.45, 7) is -3.53. The van der Waals surface area contributed by atoms with Gasteiger partial charge in [0, 0.05) is 16.7 Å². The second-order valence-electron chi connectivity index (χ2n) is 6.14. The van der Waals surface area contributed by atoms with Gasteiger partial charge in [-0.25, -0.2) is 4.79 Å². The van der Waals surface area contributed by atoms with Gasteiger partial charge in [-0.15, -0.1) is 0 Å². The maximum atomic E-state index is 12.7. The molecular weight excluding hydrogens is 394 g/mol. The molecule has 0 unspecified atom stereocenters. The van der Waals surface area contributed by atoms with E-state index in [1.807, 2.05) is 0 Å². The van der Waals surface area contributed by atoms with E-state index in [0.29, 0.717) is 5.56 Å². The van der Waals surface area contributed by atoms with Crippen molar-refractivity contribution in [3.05, 3.63) is 101 Å². The molecule has 0 fully saturated rings. The first-order valence-electron chi connectivity index (χ1n) is 8.89. The molecule has 30 heavy (non-hydrogen) atoms. The molecule has 0 radical (unpaired) electrons. The molecule has 0 saturated carbocycles. The zero-order chi connectivity index (χ0) is 21.5. The SMILES string of the molecule is O=C(COC(=O)c1ccccc1C(=O)c1ccccc1)c1ccc(OC(F)F)cc1. The number of halogens is 2. The first-order chi connectivity index (χ1) is 14.5. The van der Waals surface area contributed by atoms with Gasteiger partial charge in [0.15, 0.2) is 18.2 Å². The predicted octanol–water partition coefficient (Wildman–Crippen LogP) is 4.56. The second kappa shape index (κ2) is 9.56. The van der Waals surface area contributed by atoms with Gasteiger partial charge in [0.05, 0.1) is 5.56 Å². The highest BCUT2D eigenvalue weighted by atomic mass is 19.3. The highest BCUT2D eigenvalue weighted by Crippen LogP contribution is 2.17. The standard InChI is InChI=1S/C23H16F2O5/c24-23(25)30-17-12-10-15(11-13-17)20(26)14-29-22(28)19-9-5-4-8-18(19)21(27)16-6-2-1-3-7-16/h1-13,23H,14H2. The van der Waals surface area contributed by atoms with Crippen molar-refractivity contribution in [3.63, 3.8) is 0 Å². The number of carbonyl (C=O) groups excluding carboxylic acids is 3. The minimum absolute atomic E-state index is 0.0415. The van der Waals surface area contributed by atoms with E-state index in [0.717, 1.165) is 0 Å². The van der Waals surface area contributed by atoms with E-state index >= 15 is 0 Å². The van der Waals surface area contributed by atoms with Gasteiger partial charge in [0.25, 0.3) is 0 Å². The Morgan fingerprint density at radius 3 is 1.97 bits per heavy atom. The van der Waals surface area contributed by atoms with Gasteiger partial charge in [0.1, 0.15) is 5.75 Å². The Kier molecular flexibility index (Phi) is 6.64. The first kappa shape index (κ1) is 20.9. The molecule has 5 nitrogen and oxygen atoms in total. The van der Waals surface area contributed by atoms with Crippen LogP contribution in [0.5, 0.6) is 5.75 Å². The van der Waals surface area contributed by atoms with Gasteiger partial charge in [-0.3, -0.25) is 9.59 Å². The predicted molar refractivity (Wildman–Crippen MR) is 104 cm³/mol. The minimum Gasteiger partial charge on any atom is -0.454 e. The zero-order valence-electron chi connectivity index (χ0n) is 15.6. The van der Waals surface area contributed by atoms with Crippen LogP contribution in [0.15, 0.2) is 78.9 Å². The van der Waals surface area contributed by atoms with Crippen molar-refractivity contribution in [1.29, 1.82) is 0 Å². The molecule has 3 aromatic carbocycles. The molecule has 0 aliphatic carbocycles. The third-order valence-corrected chi connectivity index (χ3v) is 4.16. The summed E-state index contributed by atoms with van der Waals surface area (Å²) in [6, 6.07) is 19.7. The maximum Gasteiger partial charge on any atom is 0.387 e. The van der Waals surface area contributed by atoms with Crippen molar-refractivity contribution in [2.24, 2.45) is 0 Å². The molecule has 0 aliphatic rings. The Labute approximate surface area is 170 Å². The van der Waals surface area contributed by atoms with E-state index in [2.05, 4.69) is 4.74 Å². The van der Waals surface area contributed by atoms with Crippen LogP contribution in [0.25, 0.3) is 0 Å². The van der Waals surface area contributed by atoms with Gasteiger partial charge < -0.3 is 9.47 Å². The molecule has 152 valence electrons. The highest BCUT2D eigenvalue weighted by Gasteiger charge is 2.20. The summed E-state index contributed by atoms with van der Waals surface area (Å²) >= 11 is 0. The average molecular weight is 410 g/mol. The number of carbonyl (C=O) groups is 3. The fraction of sp³-hybridized carbons (Fsp3) is 0.0870. The lowest BCUT2D eigenvalue weighted by Crippen LogP contribution is -2.17. The van der Waals surface area contributed by atoms with Crippen LogP contribution >= 0.6 is 0 Å². The number of Topliss-reactive ketones (excluding diaryl/α,β-unsaturated/α-hetero) is 1. The summed E-state index contributed by atoms with van der Waals surface area (Å²) in [5, 5.41) is 0. The van der Waals surface area contributed by atoms with Gasteiger partial charge in [0.2, 0.25) is 0 Å². The molecule has 0 bridgehead atoms. The molecule has 0 aromatic heterocycles. The molecule has 0 atom stereocenters. The zero-order valence-corrected chi connectivity index (χ0v) is 15.6. The summed E-state index contributed by atoms with van der Waals surface area (Å²) in [4.78, 5) is 37.4. The van der Waals surface area contributed by atoms with E-state index in [4.69, 9.17) is 4.74 Å². The van der Waals surface area contributed by atoms with Crippen molar-refractivity contribution >= 4 is 17.5 Å². The number of esters is 1. The quantitative estimate of drug-likeness (QED) is 0.402. The molecule has 0 aliphatic heterocycles. The molecule has 7 heteroatoms. The van der Waals surface area contributed by atoms with Gasteiger partial charge in [-0.1, -0.05) is 48.5 Å². The second-order valence-corrected chi connectivity index (χ2v) is 6.14. The van der Waals surface area contributed by atoms with Crippen LogP contribution in [0.1, 0.15) is 36.6 Å². The van der Waals surface area contributed by atoms with E-state index < -0.39 is 25.0 Å². The van der Waals surface area contributed by atoms with Crippen LogP contribution < -0.4 is 4.74 Å². The smallest absolute Gasteiger partial charge is 0.387 e. The molecule has 0 amide bonds. The van der Waals surface area contributed by atoms with E-state index in [-0.39, 0.29) is 28.2 Å². The summed E-state index contributed by atoms with van der Waals surface area (Å²) in [6.07, 6.45) is 0. The lowest BCUT2D eigenvalue weighted by Gasteiger charge is -2.09. The van der Waals surface area contributed by atoms with Crippen molar-refractivity contribution in [2.45, 2.75) is 6.61 Å². The van der Waals surface area contributed by atoms with Crippen molar-refractivity contribution in [1.82, 2.24) is 0 Å². The number of hydrogen-bond donors (Lipinski definition) is 0. The monoisotopic (exact) mass is 410 g/mol. The molecular formula is C23H16F2O5. The molecule has 3 aromatic rings. The van der Waals surface area contributed by atoms with E-state index in [1.54, 1.807) is 42.5 Å². The summed E-state index contributed by atoms with van der Waals surface area (Å²) < 4.78 is 33.6. The largest absolute Gasteiger partial charge is 0.454 e. The lowest BCUT2D eigenvalue weighted by molar-refractivity contribution is -0.0498. The number of benzene rings is 3. The Bertz CT molecular complexity index is 1050. The number of alkyl halides is 2. The molecule has 0 N–H and O–H groups in total. The Hall–Kier alpha value is -3.87. The molecule has 0 heterocycles. The van der Waals surface area contributed by atoms with E-state index in [9.17, 15) is 23.2 Å². The van der Waals surface area contributed by atoms with Crippen LogP contribution in [0.4, 0.5) is 8.78 Å². The number of ketones is 2. The fourth-order valence-corrected chi connectivity index (χ4v) is 2.72. The van der Waals surface area contributed by atoms with Crippen LogP contribution in [-0.2, 0) is 4.74 Å². The third-order valence-electron chi connectivity index (χ3n) is 4.16. The van der Waals surface area contributed by atoms with Crippen LogP contribution in [0.3, 0.4) is 0 Å². The number of rotatable bonds is 8. The molecule has 3 rings (SSSR count). The fourth-order valence-electron chi connectivity index (χ4n) is 2.72. The van der Waals surface area contributed by atoms with Crippen molar-refractivity contribution in [3.8, 4) is 5.75 Å². The maximum absolute atomic E-state index is 12.7. The Balaban J connectivity index is 1.68. The van der Waals surface area contributed by atoms with Gasteiger partial charge in [-0.05, 0) is 30.3 Å². The highest BCUT2D eigenvalue weighted by molar-refractivity contribution is 6.14. The molecule has 0 spiro atoms. The van der Waals surface area contributed by atoms with Crippen molar-refractivity contribution < 1.29 is 32.6 Å². The average Bonchev–Trinajstić information content (AvgIpc) is 2.77. The van der Waals surface area contributed by atoms with Crippen LogP contribution in [-0.4, -0.2) is 30.8 Å². The normalized spacial score (nSPS) is 10.5. The van der Waals surface area contributed by atoms with Crippen molar-refractivity contribution in [2.75, 3.05) is 6.61 Å². The van der Waals surface area contributed by atoms with Gasteiger partial charge in [-0.2, -0.15) is 8.78 Å². The summed E-state index contributed by atoms with van der Waals surface area (Å²) in [5.41, 5.74) is 0.785. The molecule has 0 saturated heterocycles. The third kappa shape index (κ3) is 5.14. The van der Waals surface area contributed by atoms with E-state index in [1.165, 1.54) is 36.4 Å². The lowest BCUT2D eigenvalue weighted by atomic mass is 9.98. The number of hydrogen-bond acceptors (Lipinski definition) is 5. The van der Waals surface area contributed by atoms with Crippen LogP contribution in [0.2, 0.25) is 0 Å². The van der Waals surface area contributed by atoms with Crippen LogP contribution in [0, 0.1) is 0 Å². The Morgan fingerprint density at radius 2 is 1.33 bits per heavy atom. The number of ether oxygens (including phenoxy) is 2. The topological polar surface area (TPSA) is 69.7 Å². The van der Waals surface area contributed by atoms with Gasteiger partial charge >= 0.3 is 12.6 Å².